The zero-order valence-electron chi connectivity index (χ0n) is 9.46. The maximum Gasteiger partial charge on any atom is 0.162 e. The average Bonchev–Trinajstić information content (AvgIpc) is 2.20. The van der Waals surface area contributed by atoms with E-state index in [1.54, 1.807) is 0 Å². The van der Waals surface area contributed by atoms with Gasteiger partial charge in [0.15, 0.2) is 5.78 Å². The van der Waals surface area contributed by atoms with E-state index >= 15 is 0 Å². The molecule has 3 nitrogen and oxygen atoms in total. The Bertz CT molecular complexity index is 372. The summed E-state index contributed by atoms with van der Waals surface area (Å²) in [6.07, 6.45) is 0.797. The van der Waals surface area contributed by atoms with E-state index in [2.05, 4.69) is 0 Å². The van der Waals surface area contributed by atoms with Crippen molar-refractivity contribution in [3.63, 3.8) is 0 Å². The number of Topliss-reactive ketones (excluding diaryl/α,β-unsaturated/α-hetero) is 1. The summed E-state index contributed by atoms with van der Waals surface area (Å²) in [6, 6.07) is 3.72. The lowest BCUT2D eigenvalue weighted by atomic mass is 9.99. The first-order valence-electron chi connectivity index (χ1n) is 5.16. The molecule has 0 amide bonds. The lowest BCUT2D eigenvalue weighted by Crippen LogP contribution is -2.07. The van der Waals surface area contributed by atoms with E-state index in [1.807, 2.05) is 26.0 Å². The van der Waals surface area contributed by atoms with E-state index in [-0.39, 0.29) is 5.78 Å². The van der Waals surface area contributed by atoms with Crippen LogP contribution in [0.25, 0.3) is 0 Å². The molecule has 0 fully saturated rings. The Hall–Kier alpha value is -1.51. The van der Waals surface area contributed by atoms with Gasteiger partial charge < -0.3 is 10.5 Å². The molecule has 0 bridgehead atoms. The van der Waals surface area contributed by atoms with E-state index in [0.29, 0.717) is 23.6 Å². The first-order valence-corrected chi connectivity index (χ1v) is 5.16. The second-order valence-corrected chi connectivity index (χ2v) is 3.35. The Balaban J connectivity index is 3.29. The second kappa shape index (κ2) is 4.82. The lowest BCUT2D eigenvalue weighted by molar-refractivity contribution is 0.101. The summed E-state index contributed by atoms with van der Waals surface area (Å²) in [6.45, 7) is 5.97. The number of anilines is 1. The van der Waals surface area contributed by atoms with Crippen LogP contribution in [0.1, 0.15) is 36.7 Å². The highest BCUT2D eigenvalue weighted by atomic mass is 16.5. The topological polar surface area (TPSA) is 52.3 Å². The van der Waals surface area contributed by atoms with E-state index < -0.39 is 0 Å². The number of ketones is 1. The Morgan fingerprint density at radius 3 is 2.53 bits per heavy atom. The molecule has 0 radical (unpaired) electrons. The van der Waals surface area contributed by atoms with Gasteiger partial charge in [-0.15, -0.1) is 0 Å². The highest BCUT2D eigenvalue weighted by Crippen LogP contribution is 2.29. The highest BCUT2D eigenvalue weighted by Gasteiger charge is 2.14. The zero-order chi connectivity index (χ0) is 11.4. The van der Waals surface area contributed by atoms with Gasteiger partial charge in [-0.1, -0.05) is 13.0 Å². The van der Waals surface area contributed by atoms with Gasteiger partial charge in [-0.25, -0.2) is 0 Å². The predicted octanol–water partition coefficient (Wildman–Crippen LogP) is 2.43. The van der Waals surface area contributed by atoms with Crippen LogP contribution in [0.3, 0.4) is 0 Å². The van der Waals surface area contributed by atoms with E-state index in [0.717, 1.165) is 12.0 Å². The van der Waals surface area contributed by atoms with Crippen LogP contribution in [-0.2, 0) is 6.42 Å². The molecule has 0 heterocycles. The third-order valence-corrected chi connectivity index (χ3v) is 2.32. The summed E-state index contributed by atoms with van der Waals surface area (Å²) in [5, 5.41) is 0. The number of nitrogens with two attached hydrogens (primary N) is 1. The molecular formula is C12H17NO2. The van der Waals surface area contributed by atoms with Gasteiger partial charge in [-0.05, 0) is 31.9 Å². The van der Waals surface area contributed by atoms with Crippen molar-refractivity contribution >= 4 is 11.5 Å². The van der Waals surface area contributed by atoms with E-state index in [1.165, 1.54) is 6.92 Å². The lowest BCUT2D eigenvalue weighted by Gasteiger charge is -2.13. The molecule has 0 aliphatic carbocycles. The highest BCUT2D eigenvalue weighted by molar-refractivity contribution is 6.01. The van der Waals surface area contributed by atoms with E-state index in [9.17, 15) is 4.79 Å². The summed E-state index contributed by atoms with van der Waals surface area (Å²) >= 11 is 0. The van der Waals surface area contributed by atoms with Crippen LogP contribution in [-0.4, -0.2) is 12.4 Å². The molecule has 1 rings (SSSR count). The summed E-state index contributed by atoms with van der Waals surface area (Å²) in [7, 11) is 0. The standard InChI is InChI=1S/C12H17NO2/c1-4-9-6-7-10(15-5-2)12(13)11(9)8(3)14/h6-7H,4-5,13H2,1-3H3. The fourth-order valence-corrected chi connectivity index (χ4v) is 1.64. The van der Waals surface area contributed by atoms with E-state index in [4.69, 9.17) is 10.5 Å². The smallest absolute Gasteiger partial charge is 0.162 e. The van der Waals surface area contributed by atoms with Crippen molar-refractivity contribution in [3.05, 3.63) is 23.3 Å². The molecule has 82 valence electrons. The zero-order valence-corrected chi connectivity index (χ0v) is 9.46. The molecule has 3 heteroatoms. The third kappa shape index (κ3) is 2.29. The monoisotopic (exact) mass is 207 g/mol. The van der Waals surface area contributed by atoms with Crippen LogP contribution >= 0.6 is 0 Å². The van der Waals surface area contributed by atoms with Crippen molar-refractivity contribution in [3.8, 4) is 5.75 Å². The number of hydrogen-bond donors (Lipinski definition) is 1. The molecule has 1 aromatic carbocycles. The van der Waals surface area contributed by atoms with Gasteiger partial charge in [-0.3, -0.25) is 4.79 Å². The van der Waals surface area contributed by atoms with Gasteiger partial charge in [0.2, 0.25) is 0 Å². The molecule has 0 unspecified atom stereocenters. The second-order valence-electron chi connectivity index (χ2n) is 3.35. The number of rotatable bonds is 4. The number of benzene rings is 1. The Kier molecular flexibility index (Phi) is 3.72. The number of aryl methyl sites for hydroxylation is 1. The molecule has 2 N–H and O–H groups in total. The van der Waals surface area contributed by atoms with Crippen LogP contribution in [0.2, 0.25) is 0 Å². The molecular weight excluding hydrogens is 190 g/mol. The minimum Gasteiger partial charge on any atom is -0.492 e. The largest absolute Gasteiger partial charge is 0.492 e. The third-order valence-electron chi connectivity index (χ3n) is 2.32. The average molecular weight is 207 g/mol. The summed E-state index contributed by atoms with van der Waals surface area (Å²) < 4.78 is 5.35. The van der Waals surface area contributed by atoms with Crippen molar-refractivity contribution in [1.82, 2.24) is 0 Å². The molecule has 0 saturated carbocycles. The summed E-state index contributed by atoms with van der Waals surface area (Å²) in [5.41, 5.74) is 7.94. The van der Waals surface area contributed by atoms with Gasteiger partial charge in [-0.2, -0.15) is 0 Å². The van der Waals surface area contributed by atoms with Crippen LogP contribution in [0.5, 0.6) is 5.75 Å². The normalized spacial score (nSPS) is 10.1. The van der Waals surface area contributed by atoms with Crippen LogP contribution in [0.15, 0.2) is 12.1 Å². The molecule has 15 heavy (non-hydrogen) atoms. The SMILES string of the molecule is CCOc1ccc(CC)c(C(C)=O)c1N. The molecule has 0 spiro atoms. The molecule has 0 aliphatic heterocycles. The number of carbonyl (C=O) groups is 1. The van der Waals surface area contributed by atoms with Gasteiger partial charge in [0.05, 0.1) is 12.3 Å². The van der Waals surface area contributed by atoms with Crippen LogP contribution < -0.4 is 10.5 Å². The first kappa shape index (κ1) is 11.6. The minimum atomic E-state index is -0.00842. The first-order chi connectivity index (χ1) is 7.11. The maximum absolute atomic E-state index is 11.5. The fourth-order valence-electron chi connectivity index (χ4n) is 1.64. The Morgan fingerprint density at radius 1 is 1.40 bits per heavy atom. The Labute approximate surface area is 90.2 Å². The predicted molar refractivity (Wildman–Crippen MR) is 61.4 cm³/mol. The Morgan fingerprint density at radius 2 is 2.07 bits per heavy atom. The molecule has 1 aromatic rings. The molecule has 0 saturated heterocycles. The van der Waals surface area contributed by atoms with Crippen molar-refractivity contribution in [2.75, 3.05) is 12.3 Å². The fraction of sp³-hybridized carbons (Fsp3) is 0.417. The van der Waals surface area contributed by atoms with Gasteiger partial charge in [0.1, 0.15) is 5.75 Å². The van der Waals surface area contributed by atoms with Crippen molar-refractivity contribution in [2.45, 2.75) is 27.2 Å². The number of hydrogen-bond acceptors (Lipinski definition) is 3. The molecule has 0 aliphatic rings. The number of nitrogen functional groups attached to an aromatic ring is 1. The maximum atomic E-state index is 11.5. The quantitative estimate of drug-likeness (QED) is 0.609. The van der Waals surface area contributed by atoms with Gasteiger partial charge in [0, 0.05) is 5.56 Å². The molecule has 0 aromatic heterocycles. The minimum absolute atomic E-state index is 0.00842. The molecule has 0 atom stereocenters. The van der Waals surface area contributed by atoms with Crippen LogP contribution in [0, 0.1) is 0 Å². The van der Waals surface area contributed by atoms with Crippen molar-refractivity contribution in [1.29, 1.82) is 0 Å². The van der Waals surface area contributed by atoms with Gasteiger partial charge in [0.25, 0.3) is 0 Å². The number of ether oxygens (including phenoxy) is 1. The number of carbonyl (C=O) groups excluding carboxylic acids is 1. The summed E-state index contributed by atoms with van der Waals surface area (Å²) in [4.78, 5) is 11.5. The van der Waals surface area contributed by atoms with Crippen LogP contribution in [0.4, 0.5) is 5.69 Å². The van der Waals surface area contributed by atoms with Crippen molar-refractivity contribution in [2.24, 2.45) is 0 Å². The van der Waals surface area contributed by atoms with Gasteiger partial charge >= 0.3 is 0 Å². The summed E-state index contributed by atoms with van der Waals surface area (Å²) in [5.74, 6) is 0.589. The van der Waals surface area contributed by atoms with Crippen molar-refractivity contribution < 1.29 is 9.53 Å².